The van der Waals surface area contributed by atoms with Crippen LogP contribution < -0.4 is 5.43 Å². The Morgan fingerprint density at radius 3 is 2.57 bits per heavy atom. The Bertz CT molecular complexity index is 733. The van der Waals surface area contributed by atoms with Crippen LogP contribution in [-0.4, -0.2) is 22.9 Å². The average molecular weight is 286 g/mol. The first-order valence-corrected chi connectivity index (χ1v) is 6.74. The second kappa shape index (κ2) is 5.91. The van der Waals surface area contributed by atoms with E-state index in [1.165, 1.54) is 7.11 Å². The van der Waals surface area contributed by atoms with E-state index >= 15 is 0 Å². The summed E-state index contributed by atoms with van der Waals surface area (Å²) in [4.78, 5) is 23.7. The SMILES string of the molecule is COC(=O)c1nn(-c2ccccc2C(C)C)cc(C)c1=O. The fourth-order valence-electron chi connectivity index (χ4n) is 2.15. The minimum absolute atomic E-state index is 0.198. The number of aromatic nitrogens is 2. The van der Waals surface area contributed by atoms with Crippen LogP contribution in [0.15, 0.2) is 35.3 Å². The largest absolute Gasteiger partial charge is 0.464 e. The maximum Gasteiger partial charge on any atom is 0.362 e. The molecule has 0 bridgehead atoms. The standard InChI is InChI=1S/C16H18N2O3/c1-10(2)12-7-5-6-8-13(12)18-9-11(3)15(19)14(17-18)16(20)21-4/h5-10H,1-4H3. The molecule has 2 rings (SSSR count). The van der Waals surface area contributed by atoms with Crippen molar-refractivity contribution < 1.29 is 9.53 Å². The van der Waals surface area contributed by atoms with Crippen LogP contribution in [0.2, 0.25) is 0 Å². The first-order chi connectivity index (χ1) is 9.95. The lowest BCUT2D eigenvalue weighted by Gasteiger charge is -2.15. The minimum atomic E-state index is -0.723. The number of rotatable bonds is 3. The molecule has 0 saturated carbocycles. The molecule has 1 aromatic carbocycles. The van der Waals surface area contributed by atoms with Crippen LogP contribution in [0.4, 0.5) is 0 Å². The lowest BCUT2D eigenvalue weighted by molar-refractivity contribution is 0.0590. The molecule has 0 saturated heterocycles. The average Bonchev–Trinajstić information content (AvgIpc) is 2.49. The van der Waals surface area contributed by atoms with Crippen LogP contribution in [0.5, 0.6) is 0 Å². The monoisotopic (exact) mass is 286 g/mol. The Kier molecular flexibility index (Phi) is 4.21. The molecule has 0 unspecified atom stereocenters. The van der Waals surface area contributed by atoms with Crippen LogP contribution in [0.3, 0.4) is 0 Å². The molecule has 5 nitrogen and oxygen atoms in total. The smallest absolute Gasteiger partial charge is 0.362 e. The Hall–Kier alpha value is -2.43. The molecule has 0 radical (unpaired) electrons. The summed E-state index contributed by atoms with van der Waals surface area (Å²) in [5, 5.41) is 4.15. The Labute approximate surface area is 123 Å². The highest BCUT2D eigenvalue weighted by Gasteiger charge is 2.17. The third-order valence-electron chi connectivity index (χ3n) is 3.28. The number of para-hydroxylation sites is 1. The molecule has 0 N–H and O–H groups in total. The number of hydrogen-bond donors (Lipinski definition) is 0. The van der Waals surface area contributed by atoms with Crippen molar-refractivity contribution in [2.24, 2.45) is 0 Å². The van der Waals surface area contributed by atoms with Crippen molar-refractivity contribution in [3.63, 3.8) is 0 Å². The van der Waals surface area contributed by atoms with Crippen LogP contribution >= 0.6 is 0 Å². The summed E-state index contributed by atoms with van der Waals surface area (Å²) in [5.74, 6) is -0.427. The fourth-order valence-corrected chi connectivity index (χ4v) is 2.15. The summed E-state index contributed by atoms with van der Waals surface area (Å²) < 4.78 is 6.19. The van der Waals surface area contributed by atoms with E-state index in [1.54, 1.807) is 17.8 Å². The topological polar surface area (TPSA) is 61.2 Å². The molecule has 0 aliphatic rings. The van der Waals surface area contributed by atoms with Gasteiger partial charge in [0, 0.05) is 11.8 Å². The molecular weight excluding hydrogens is 268 g/mol. The van der Waals surface area contributed by atoms with Gasteiger partial charge in [-0.1, -0.05) is 32.0 Å². The van der Waals surface area contributed by atoms with Gasteiger partial charge in [-0.05, 0) is 24.5 Å². The zero-order valence-corrected chi connectivity index (χ0v) is 12.6. The number of nitrogens with zero attached hydrogens (tertiary/aromatic N) is 2. The Morgan fingerprint density at radius 1 is 1.29 bits per heavy atom. The molecular formula is C16H18N2O3. The number of carbonyl (C=O) groups excluding carboxylic acids is 1. The maximum atomic E-state index is 12.0. The van der Waals surface area contributed by atoms with E-state index in [2.05, 4.69) is 23.7 Å². The number of benzene rings is 1. The summed E-state index contributed by atoms with van der Waals surface area (Å²) in [6, 6.07) is 7.77. The van der Waals surface area contributed by atoms with Gasteiger partial charge in [-0.3, -0.25) is 4.79 Å². The predicted octanol–water partition coefficient (Wildman–Crippen LogP) is 2.45. The van der Waals surface area contributed by atoms with E-state index in [0.717, 1.165) is 11.3 Å². The van der Waals surface area contributed by atoms with Crippen molar-refractivity contribution in [3.8, 4) is 5.69 Å². The van der Waals surface area contributed by atoms with E-state index in [4.69, 9.17) is 0 Å². The first kappa shape index (κ1) is 15.0. The summed E-state index contributed by atoms with van der Waals surface area (Å²) in [6.45, 7) is 5.82. The van der Waals surface area contributed by atoms with Gasteiger partial charge in [0.05, 0.1) is 12.8 Å². The molecule has 0 atom stereocenters. The van der Waals surface area contributed by atoms with Crippen molar-refractivity contribution in [3.05, 3.63) is 57.5 Å². The molecule has 0 fully saturated rings. The van der Waals surface area contributed by atoms with Crippen LogP contribution in [0, 0.1) is 6.92 Å². The quantitative estimate of drug-likeness (QED) is 0.813. The third-order valence-corrected chi connectivity index (χ3v) is 3.28. The second-order valence-electron chi connectivity index (χ2n) is 5.14. The van der Waals surface area contributed by atoms with Crippen molar-refractivity contribution >= 4 is 5.97 Å². The van der Waals surface area contributed by atoms with Gasteiger partial charge in [-0.15, -0.1) is 0 Å². The van der Waals surface area contributed by atoms with Crippen molar-refractivity contribution in [2.75, 3.05) is 7.11 Å². The lowest BCUT2D eigenvalue weighted by Crippen LogP contribution is -2.24. The van der Waals surface area contributed by atoms with Gasteiger partial charge in [0.25, 0.3) is 0 Å². The molecule has 21 heavy (non-hydrogen) atoms. The molecule has 0 spiro atoms. The van der Waals surface area contributed by atoms with E-state index in [0.29, 0.717) is 11.5 Å². The maximum absolute atomic E-state index is 12.0. The lowest BCUT2D eigenvalue weighted by atomic mass is 10.0. The van der Waals surface area contributed by atoms with E-state index in [9.17, 15) is 9.59 Å². The Balaban J connectivity index is 2.69. The predicted molar refractivity (Wildman–Crippen MR) is 80.0 cm³/mol. The summed E-state index contributed by atoms with van der Waals surface area (Å²) in [7, 11) is 1.23. The highest BCUT2D eigenvalue weighted by Crippen LogP contribution is 2.22. The normalized spacial score (nSPS) is 10.7. The van der Waals surface area contributed by atoms with Gasteiger partial charge < -0.3 is 4.74 Å². The van der Waals surface area contributed by atoms with E-state index in [1.807, 2.05) is 24.3 Å². The zero-order chi connectivity index (χ0) is 15.6. The highest BCUT2D eigenvalue weighted by atomic mass is 16.5. The molecule has 0 amide bonds. The van der Waals surface area contributed by atoms with Crippen LogP contribution in [-0.2, 0) is 4.74 Å². The van der Waals surface area contributed by atoms with Gasteiger partial charge in [0.15, 0.2) is 0 Å². The summed E-state index contributed by atoms with van der Waals surface area (Å²) in [5.41, 5.74) is 1.78. The van der Waals surface area contributed by atoms with Gasteiger partial charge in [0.2, 0.25) is 11.1 Å². The summed E-state index contributed by atoms with van der Waals surface area (Å²) in [6.07, 6.45) is 1.63. The molecule has 110 valence electrons. The molecule has 5 heteroatoms. The molecule has 0 aliphatic carbocycles. The number of esters is 1. The second-order valence-corrected chi connectivity index (χ2v) is 5.14. The number of methoxy groups -OCH3 is 1. The molecule has 0 aliphatic heterocycles. The van der Waals surface area contributed by atoms with Gasteiger partial charge >= 0.3 is 5.97 Å². The van der Waals surface area contributed by atoms with Gasteiger partial charge in [0.1, 0.15) is 0 Å². The summed E-state index contributed by atoms with van der Waals surface area (Å²) >= 11 is 0. The molecule has 1 heterocycles. The zero-order valence-electron chi connectivity index (χ0n) is 12.6. The van der Waals surface area contributed by atoms with Crippen LogP contribution in [0.25, 0.3) is 5.69 Å². The number of aryl methyl sites for hydroxylation is 1. The van der Waals surface area contributed by atoms with Gasteiger partial charge in [-0.25, -0.2) is 9.48 Å². The highest BCUT2D eigenvalue weighted by molar-refractivity contribution is 5.87. The van der Waals surface area contributed by atoms with E-state index < -0.39 is 11.4 Å². The number of ether oxygens (including phenoxy) is 1. The van der Waals surface area contributed by atoms with E-state index in [-0.39, 0.29) is 5.69 Å². The van der Waals surface area contributed by atoms with Gasteiger partial charge in [-0.2, -0.15) is 5.10 Å². The number of carbonyl (C=O) groups is 1. The van der Waals surface area contributed by atoms with Crippen molar-refractivity contribution in [1.82, 2.24) is 9.78 Å². The molecule has 2 aromatic rings. The first-order valence-electron chi connectivity index (χ1n) is 6.74. The minimum Gasteiger partial charge on any atom is -0.464 e. The number of hydrogen-bond acceptors (Lipinski definition) is 4. The fraction of sp³-hybridized carbons (Fsp3) is 0.312. The van der Waals surface area contributed by atoms with Crippen LogP contribution in [0.1, 0.15) is 41.4 Å². The van der Waals surface area contributed by atoms with Crippen molar-refractivity contribution in [2.45, 2.75) is 26.7 Å². The third kappa shape index (κ3) is 2.86. The molecule has 1 aromatic heterocycles. The van der Waals surface area contributed by atoms with Crippen molar-refractivity contribution in [1.29, 1.82) is 0 Å². The Morgan fingerprint density at radius 2 is 1.95 bits per heavy atom.